The first-order chi connectivity index (χ1) is 21.6. The first-order valence-corrected chi connectivity index (χ1v) is 15.5. The maximum Gasteiger partial charge on any atom is 0.419 e. The minimum atomic E-state index is -4.82. The van der Waals surface area contributed by atoms with Crippen molar-refractivity contribution in [2.75, 3.05) is 52.5 Å². The summed E-state index contributed by atoms with van der Waals surface area (Å²) in [5.74, 6) is 0.738. The number of nitrogens with one attached hydrogen (secondary N) is 1. The summed E-state index contributed by atoms with van der Waals surface area (Å²) in [4.78, 5) is 12.9. The van der Waals surface area contributed by atoms with Crippen molar-refractivity contribution in [1.29, 1.82) is 0 Å². The molecule has 4 aromatic rings. The lowest BCUT2D eigenvalue weighted by atomic mass is 10.2. The molecule has 0 bridgehead atoms. The number of aromatic amines is 1. The Morgan fingerprint density at radius 1 is 0.733 bits per heavy atom. The quantitative estimate of drug-likeness (QED) is 0.0934. The zero-order valence-corrected chi connectivity index (χ0v) is 26.3. The molecular weight excluding hydrogens is 588 g/mol. The second-order valence-corrected chi connectivity index (χ2v) is 10.6. The second-order valence-electron chi connectivity index (χ2n) is 10.6. The highest BCUT2D eigenvalue weighted by Crippen LogP contribution is 2.36. The van der Waals surface area contributed by atoms with Crippen molar-refractivity contribution in [2.24, 2.45) is 0 Å². The second kappa shape index (κ2) is 15.9. The molecule has 244 valence electrons. The third kappa shape index (κ3) is 9.34. The summed E-state index contributed by atoms with van der Waals surface area (Å²) in [7, 11) is 0. The van der Waals surface area contributed by atoms with E-state index in [0.717, 1.165) is 75.3 Å². The van der Waals surface area contributed by atoms with Crippen molar-refractivity contribution in [2.45, 2.75) is 46.7 Å². The summed E-state index contributed by atoms with van der Waals surface area (Å²) in [6, 6.07) is 13.1. The molecular formula is C34H42F4N4O3. The van der Waals surface area contributed by atoms with Gasteiger partial charge in [-0.25, -0.2) is 9.37 Å². The number of fused-ring (bicyclic) bond motifs is 1. The SMILES string of the molecule is CCN(CC)CCCOc1cc(OCCCN(CC)CC)c2nc(-c3ccc(Oc4ccc(F)c(C(F)(F)F)c4)cc3)[nH]c2c1. The molecule has 0 atom stereocenters. The largest absolute Gasteiger partial charge is 0.493 e. The monoisotopic (exact) mass is 630 g/mol. The number of hydrogen-bond donors (Lipinski definition) is 1. The van der Waals surface area contributed by atoms with E-state index < -0.39 is 17.6 Å². The Labute approximate surface area is 262 Å². The van der Waals surface area contributed by atoms with Gasteiger partial charge in [-0.1, -0.05) is 27.7 Å². The van der Waals surface area contributed by atoms with E-state index in [0.29, 0.717) is 47.9 Å². The van der Waals surface area contributed by atoms with Gasteiger partial charge in [-0.15, -0.1) is 0 Å². The molecule has 0 aliphatic heterocycles. The maximum absolute atomic E-state index is 13.7. The zero-order valence-electron chi connectivity index (χ0n) is 26.3. The van der Waals surface area contributed by atoms with Gasteiger partial charge in [-0.3, -0.25) is 0 Å². The van der Waals surface area contributed by atoms with Gasteiger partial charge in [0, 0.05) is 30.8 Å². The summed E-state index contributed by atoms with van der Waals surface area (Å²) in [6.07, 6.45) is -3.05. The van der Waals surface area contributed by atoms with E-state index in [4.69, 9.17) is 19.2 Å². The number of halogens is 4. The number of aromatic nitrogens is 2. The van der Waals surface area contributed by atoms with Crippen LogP contribution in [0, 0.1) is 5.82 Å². The average molecular weight is 631 g/mol. The number of alkyl halides is 3. The molecule has 1 aromatic heterocycles. The van der Waals surface area contributed by atoms with Gasteiger partial charge in [0.05, 0.1) is 24.3 Å². The van der Waals surface area contributed by atoms with E-state index in [-0.39, 0.29) is 5.75 Å². The number of rotatable bonds is 17. The van der Waals surface area contributed by atoms with Gasteiger partial charge in [-0.2, -0.15) is 13.2 Å². The van der Waals surface area contributed by atoms with Crippen LogP contribution >= 0.6 is 0 Å². The fourth-order valence-corrected chi connectivity index (χ4v) is 5.02. The van der Waals surface area contributed by atoms with Crippen LogP contribution in [-0.4, -0.2) is 72.3 Å². The van der Waals surface area contributed by atoms with E-state index in [2.05, 4.69) is 42.5 Å². The Kier molecular flexibility index (Phi) is 12.1. The normalized spacial score (nSPS) is 12.0. The lowest BCUT2D eigenvalue weighted by Crippen LogP contribution is -2.25. The van der Waals surface area contributed by atoms with Crippen molar-refractivity contribution < 1.29 is 31.8 Å². The molecule has 0 aliphatic rings. The molecule has 0 saturated heterocycles. The molecule has 3 aromatic carbocycles. The minimum absolute atomic E-state index is 0.118. The number of H-pyrrole nitrogens is 1. The van der Waals surface area contributed by atoms with Crippen molar-refractivity contribution in [1.82, 2.24) is 19.8 Å². The third-order valence-corrected chi connectivity index (χ3v) is 7.68. The van der Waals surface area contributed by atoms with E-state index >= 15 is 0 Å². The highest BCUT2D eigenvalue weighted by Gasteiger charge is 2.34. The molecule has 0 aliphatic carbocycles. The summed E-state index contributed by atoms with van der Waals surface area (Å²) >= 11 is 0. The summed E-state index contributed by atoms with van der Waals surface area (Å²) in [5, 5.41) is 0. The van der Waals surface area contributed by atoms with Crippen LogP contribution in [0.5, 0.6) is 23.0 Å². The number of imidazole rings is 1. The van der Waals surface area contributed by atoms with Gasteiger partial charge in [0.1, 0.15) is 34.4 Å². The fourth-order valence-electron chi connectivity index (χ4n) is 5.02. The highest BCUT2D eigenvalue weighted by molar-refractivity contribution is 5.86. The Morgan fingerprint density at radius 2 is 1.33 bits per heavy atom. The molecule has 1 N–H and O–H groups in total. The smallest absolute Gasteiger partial charge is 0.419 e. The van der Waals surface area contributed by atoms with E-state index in [1.807, 2.05) is 12.1 Å². The Bertz CT molecular complexity index is 1500. The highest BCUT2D eigenvalue weighted by atomic mass is 19.4. The standard InChI is InChI=1S/C34H42F4N4O3/c1-5-41(6-2)17-9-19-43-27-22-30-32(31(23-27)44-20-10-18-42(7-3)8-4)40-33(39-30)24-11-13-25(14-12-24)45-26-15-16-29(35)28(21-26)34(36,37)38/h11-16,21-23H,5-10,17-20H2,1-4H3,(H,39,40). The third-order valence-electron chi connectivity index (χ3n) is 7.68. The minimum Gasteiger partial charge on any atom is -0.493 e. The fraction of sp³-hybridized carbons (Fsp3) is 0.441. The van der Waals surface area contributed by atoms with Gasteiger partial charge in [0.15, 0.2) is 5.75 Å². The first kappa shape index (κ1) is 34.1. The Morgan fingerprint density at radius 3 is 1.93 bits per heavy atom. The molecule has 0 fully saturated rings. The number of hydrogen-bond acceptors (Lipinski definition) is 6. The van der Waals surface area contributed by atoms with Crippen LogP contribution < -0.4 is 14.2 Å². The lowest BCUT2D eigenvalue weighted by molar-refractivity contribution is -0.140. The van der Waals surface area contributed by atoms with Crippen molar-refractivity contribution >= 4 is 11.0 Å². The Balaban J connectivity index is 1.52. The zero-order chi connectivity index (χ0) is 32.4. The van der Waals surface area contributed by atoms with Gasteiger partial charge < -0.3 is 29.0 Å². The van der Waals surface area contributed by atoms with Crippen LogP contribution in [0.1, 0.15) is 46.1 Å². The summed E-state index contributed by atoms with van der Waals surface area (Å²) in [5.41, 5.74) is 0.797. The van der Waals surface area contributed by atoms with Gasteiger partial charge in [0.2, 0.25) is 0 Å². The van der Waals surface area contributed by atoms with Crippen LogP contribution in [0.3, 0.4) is 0 Å². The summed E-state index contributed by atoms with van der Waals surface area (Å²) in [6.45, 7) is 15.6. The van der Waals surface area contributed by atoms with Crippen LogP contribution in [0.25, 0.3) is 22.4 Å². The van der Waals surface area contributed by atoms with Crippen molar-refractivity contribution in [3.63, 3.8) is 0 Å². The van der Waals surface area contributed by atoms with E-state index in [9.17, 15) is 17.6 Å². The van der Waals surface area contributed by atoms with Crippen molar-refractivity contribution in [3.05, 3.63) is 66.0 Å². The van der Waals surface area contributed by atoms with Crippen LogP contribution in [0.4, 0.5) is 17.6 Å². The van der Waals surface area contributed by atoms with Crippen LogP contribution in [0.15, 0.2) is 54.6 Å². The molecule has 4 rings (SSSR count). The molecule has 1 heterocycles. The average Bonchev–Trinajstić information content (AvgIpc) is 3.46. The number of ether oxygens (including phenoxy) is 3. The maximum atomic E-state index is 13.7. The number of benzene rings is 3. The van der Waals surface area contributed by atoms with Gasteiger partial charge >= 0.3 is 6.18 Å². The van der Waals surface area contributed by atoms with E-state index in [1.165, 1.54) is 0 Å². The molecule has 0 radical (unpaired) electrons. The van der Waals surface area contributed by atoms with Crippen molar-refractivity contribution in [3.8, 4) is 34.4 Å². The molecule has 45 heavy (non-hydrogen) atoms. The molecule has 11 heteroatoms. The predicted molar refractivity (Wildman–Crippen MR) is 169 cm³/mol. The van der Waals surface area contributed by atoms with Crippen LogP contribution in [0.2, 0.25) is 0 Å². The van der Waals surface area contributed by atoms with Crippen LogP contribution in [-0.2, 0) is 6.18 Å². The molecule has 0 amide bonds. The molecule has 0 saturated carbocycles. The Hall–Kier alpha value is -3.83. The molecule has 0 unspecified atom stereocenters. The molecule has 7 nitrogen and oxygen atoms in total. The lowest BCUT2D eigenvalue weighted by Gasteiger charge is -2.18. The molecule has 0 spiro atoms. The summed E-state index contributed by atoms with van der Waals surface area (Å²) < 4.78 is 70.9. The van der Waals surface area contributed by atoms with Gasteiger partial charge in [0.25, 0.3) is 0 Å². The topological polar surface area (TPSA) is 62.9 Å². The first-order valence-electron chi connectivity index (χ1n) is 15.5. The predicted octanol–water partition coefficient (Wildman–Crippen LogP) is 8.40. The number of nitrogens with zero attached hydrogens (tertiary/aromatic N) is 3. The van der Waals surface area contributed by atoms with Gasteiger partial charge in [-0.05, 0) is 81.5 Å². The van der Waals surface area contributed by atoms with E-state index in [1.54, 1.807) is 24.3 Å².